The van der Waals surface area contributed by atoms with Crippen LogP contribution in [0.1, 0.15) is 19.3 Å². The quantitative estimate of drug-likeness (QED) is 0.641. The monoisotopic (exact) mass is 391 g/mol. The summed E-state index contributed by atoms with van der Waals surface area (Å²) in [5, 5.41) is 12.9. The molecular weight excluding hydrogens is 358 g/mol. The standard InChI is InChI=1S/C21H33N3O4/c1-27-16-10-22-21(26)20-19(25)8-7-18(28-20)9-11-23-12-14-24(15-13-23)17-5-3-2-4-6-17/h2-6,18-20,25H,7-16H2,1H3,(H,22,26). The second kappa shape index (κ2) is 10.8. The number of piperazine rings is 1. The molecule has 0 spiro atoms. The first kappa shape index (κ1) is 21.0. The lowest BCUT2D eigenvalue weighted by Gasteiger charge is -2.38. The second-order valence-electron chi connectivity index (χ2n) is 7.56. The van der Waals surface area contributed by atoms with Crippen LogP contribution in [0.4, 0.5) is 5.69 Å². The van der Waals surface area contributed by atoms with Crippen molar-refractivity contribution in [3.05, 3.63) is 30.3 Å². The van der Waals surface area contributed by atoms with Crippen molar-refractivity contribution in [3.8, 4) is 0 Å². The molecular formula is C21H33N3O4. The lowest BCUT2D eigenvalue weighted by Crippen LogP contribution is -2.50. The van der Waals surface area contributed by atoms with Gasteiger partial charge in [0.15, 0.2) is 6.10 Å². The Kier molecular flexibility index (Phi) is 8.09. The molecule has 0 aromatic heterocycles. The molecule has 7 nitrogen and oxygen atoms in total. The molecule has 28 heavy (non-hydrogen) atoms. The Bertz CT molecular complexity index is 593. The summed E-state index contributed by atoms with van der Waals surface area (Å²) >= 11 is 0. The van der Waals surface area contributed by atoms with E-state index in [1.165, 1.54) is 5.69 Å². The van der Waals surface area contributed by atoms with Crippen molar-refractivity contribution in [1.29, 1.82) is 0 Å². The van der Waals surface area contributed by atoms with E-state index in [0.29, 0.717) is 19.6 Å². The number of aliphatic hydroxyl groups is 1. The highest BCUT2D eigenvalue weighted by Gasteiger charge is 2.35. The number of aliphatic hydroxyl groups excluding tert-OH is 1. The van der Waals surface area contributed by atoms with Gasteiger partial charge in [0.05, 0.1) is 18.8 Å². The molecule has 0 bridgehead atoms. The van der Waals surface area contributed by atoms with Crippen molar-refractivity contribution in [2.45, 2.75) is 37.6 Å². The van der Waals surface area contributed by atoms with Crippen LogP contribution in [0, 0.1) is 0 Å². The lowest BCUT2D eigenvalue weighted by atomic mass is 9.98. The first-order valence-electron chi connectivity index (χ1n) is 10.3. The average molecular weight is 392 g/mol. The zero-order valence-corrected chi connectivity index (χ0v) is 16.8. The highest BCUT2D eigenvalue weighted by Crippen LogP contribution is 2.23. The molecule has 2 aliphatic rings. The molecule has 7 heteroatoms. The van der Waals surface area contributed by atoms with Gasteiger partial charge in [0.2, 0.25) is 0 Å². The topological polar surface area (TPSA) is 74.3 Å². The number of para-hydroxylation sites is 1. The normalized spacial score (nSPS) is 26.2. The van der Waals surface area contributed by atoms with E-state index in [4.69, 9.17) is 9.47 Å². The zero-order chi connectivity index (χ0) is 19.8. The molecule has 2 N–H and O–H groups in total. The molecule has 0 aliphatic carbocycles. The van der Waals surface area contributed by atoms with Gasteiger partial charge in [0.1, 0.15) is 0 Å². The predicted molar refractivity (Wildman–Crippen MR) is 108 cm³/mol. The molecule has 2 aliphatic heterocycles. The number of benzene rings is 1. The van der Waals surface area contributed by atoms with Gasteiger partial charge in [0, 0.05) is 52.1 Å². The van der Waals surface area contributed by atoms with E-state index in [2.05, 4.69) is 39.4 Å². The summed E-state index contributed by atoms with van der Waals surface area (Å²) in [6, 6.07) is 10.5. The number of ether oxygens (including phenoxy) is 2. The van der Waals surface area contributed by atoms with Crippen LogP contribution in [-0.4, -0.2) is 87.2 Å². The van der Waals surface area contributed by atoms with Gasteiger partial charge < -0.3 is 24.8 Å². The highest BCUT2D eigenvalue weighted by molar-refractivity contribution is 5.81. The van der Waals surface area contributed by atoms with Crippen LogP contribution in [0.15, 0.2) is 30.3 Å². The van der Waals surface area contributed by atoms with Gasteiger partial charge >= 0.3 is 0 Å². The Morgan fingerprint density at radius 3 is 2.68 bits per heavy atom. The molecule has 2 saturated heterocycles. The fourth-order valence-electron chi connectivity index (χ4n) is 3.89. The molecule has 3 rings (SSSR count). The maximum atomic E-state index is 12.2. The number of carbonyl (C=O) groups is 1. The molecule has 2 heterocycles. The van der Waals surface area contributed by atoms with Gasteiger partial charge in [-0.05, 0) is 31.4 Å². The molecule has 1 amide bonds. The molecule has 0 saturated carbocycles. The van der Waals surface area contributed by atoms with Crippen LogP contribution in [0.5, 0.6) is 0 Å². The van der Waals surface area contributed by atoms with Crippen LogP contribution in [0.3, 0.4) is 0 Å². The van der Waals surface area contributed by atoms with Crippen molar-refractivity contribution >= 4 is 11.6 Å². The lowest BCUT2D eigenvalue weighted by molar-refractivity contribution is -0.158. The summed E-state index contributed by atoms with van der Waals surface area (Å²) in [5.41, 5.74) is 1.29. The summed E-state index contributed by atoms with van der Waals surface area (Å²) in [6.07, 6.45) is 0.814. The van der Waals surface area contributed by atoms with Crippen LogP contribution in [-0.2, 0) is 14.3 Å². The number of anilines is 1. The molecule has 1 aromatic carbocycles. The Labute approximate surface area is 167 Å². The Morgan fingerprint density at radius 2 is 1.96 bits per heavy atom. The average Bonchev–Trinajstić information content (AvgIpc) is 2.74. The number of nitrogens with zero attached hydrogens (tertiary/aromatic N) is 2. The van der Waals surface area contributed by atoms with Crippen molar-refractivity contribution in [2.24, 2.45) is 0 Å². The summed E-state index contributed by atoms with van der Waals surface area (Å²) in [4.78, 5) is 17.1. The van der Waals surface area contributed by atoms with Crippen molar-refractivity contribution in [2.75, 3.05) is 57.9 Å². The van der Waals surface area contributed by atoms with Crippen molar-refractivity contribution in [1.82, 2.24) is 10.2 Å². The van der Waals surface area contributed by atoms with Gasteiger partial charge in [-0.2, -0.15) is 0 Å². The number of hydrogen-bond donors (Lipinski definition) is 2. The third-order valence-electron chi connectivity index (χ3n) is 5.60. The highest BCUT2D eigenvalue weighted by atomic mass is 16.5. The Balaban J connectivity index is 1.39. The number of amides is 1. The van der Waals surface area contributed by atoms with E-state index in [9.17, 15) is 9.90 Å². The summed E-state index contributed by atoms with van der Waals surface area (Å²) in [7, 11) is 1.59. The maximum absolute atomic E-state index is 12.2. The van der Waals surface area contributed by atoms with Gasteiger partial charge in [0.25, 0.3) is 5.91 Å². The van der Waals surface area contributed by atoms with Crippen LogP contribution >= 0.6 is 0 Å². The van der Waals surface area contributed by atoms with Gasteiger partial charge in [-0.25, -0.2) is 0 Å². The first-order valence-corrected chi connectivity index (χ1v) is 10.3. The fourth-order valence-corrected chi connectivity index (χ4v) is 3.89. The SMILES string of the molecule is COCCNC(=O)C1OC(CCN2CCN(c3ccccc3)CC2)CCC1O. The zero-order valence-electron chi connectivity index (χ0n) is 16.8. The van der Waals surface area contributed by atoms with E-state index in [-0.39, 0.29) is 12.0 Å². The van der Waals surface area contributed by atoms with Crippen molar-refractivity contribution < 1.29 is 19.4 Å². The molecule has 3 atom stereocenters. The third-order valence-corrected chi connectivity index (χ3v) is 5.60. The van der Waals surface area contributed by atoms with Crippen molar-refractivity contribution in [3.63, 3.8) is 0 Å². The van der Waals surface area contributed by atoms with Crippen LogP contribution < -0.4 is 10.2 Å². The predicted octanol–water partition coefficient (Wildman–Crippen LogP) is 0.870. The van der Waals surface area contributed by atoms with E-state index >= 15 is 0 Å². The molecule has 3 unspecified atom stereocenters. The minimum Gasteiger partial charge on any atom is -0.390 e. The third kappa shape index (κ3) is 5.91. The van der Waals surface area contributed by atoms with Crippen LogP contribution in [0.25, 0.3) is 0 Å². The molecule has 156 valence electrons. The molecule has 2 fully saturated rings. The first-order chi connectivity index (χ1) is 13.7. The number of methoxy groups -OCH3 is 1. The minimum atomic E-state index is -0.773. The Morgan fingerprint density at radius 1 is 1.21 bits per heavy atom. The number of nitrogens with one attached hydrogen (secondary N) is 1. The summed E-state index contributed by atoms with van der Waals surface area (Å²) < 4.78 is 10.9. The van der Waals surface area contributed by atoms with E-state index in [1.54, 1.807) is 7.11 Å². The smallest absolute Gasteiger partial charge is 0.251 e. The van der Waals surface area contributed by atoms with Gasteiger partial charge in [-0.1, -0.05) is 18.2 Å². The largest absolute Gasteiger partial charge is 0.390 e. The Hall–Kier alpha value is -1.67. The second-order valence-corrected chi connectivity index (χ2v) is 7.56. The van der Waals surface area contributed by atoms with Gasteiger partial charge in [-0.3, -0.25) is 9.69 Å². The number of hydrogen-bond acceptors (Lipinski definition) is 6. The van der Waals surface area contributed by atoms with Gasteiger partial charge in [-0.15, -0.1) is 0 Å². The van der Waals surface area contributed by atoms with E-state index in [1.807, 2.05) is 6.07 Å². The maximum Gasteiger partial charge on any atom is 0.251 e. The fraction of sp³-hybridized carbons (Fsp3) is 0.667. The molecule has 1 aromatic rings. The number of carbonyl (C=O) groups excluding carboxylic acids is 1. The molecule has 0 radical (unpaired) electrons. The number of rotatable bonds is 8. The summed E-state index contributed by atoms with van der Waals surface area (Å²) in [6.45, 7) is 5.96. The van der Waals surface area contributed by atoms with Crippen LogP contribution in [0.2, 0.25) is 0 Å². The van der Waals surface area contributed by atoms with E-state index in [0.717, 1.165) is 45.6 Å². The minimum absolute atomic E-state index is 0.0220. The summed E-state index contributed by atoms with van der Waals surface area (Å²) in [5.74, 6) is -0.245. The van der Waals surface area contributed by atoms with E-state index < -0.39 is 12.2 Å².